The summed E-state index contributed by atoms with van der Waals surface area (Å²) in [6, 6.07) is 10.3. The number of nitrogens with zero attached hydrogens (tertiary/aromatic N) is 2. The Labute approximate surface area is 182 Å². The van der Waals surface area contributed by atoms with Gasteiger partial charge in [0.1, 0.15) is 5.54 Å². The summed E-state index contributed by atoms with van der Waals surface area (Å²) in [5, 5.41) is 11.5. The summed E-state index contributed by atoms with van der Waals surface area (Å²) in [4.78, 5) is 24.8. The third kappa shape index (κ3) is 5.16. The molecule has 2 N–H and O–H groups in total. The van der Waals surface area contributed by atoms with Gasteiger partial charge in [-0.1, -0.05) is 30.7 Å². The Morgan fingerprint density at radius 3 is 2.29 bits per heavy atom. The number of anilines is 1. The monoisotopic (exact) mass is 452 g/mol. The number of rotatable bonds is 4. The normalized spacial score (nSPS) is 18.5. The van der Waals surface area contributed by atoms with Crippen molar-refractivity contribution in [2.45, 2.75) is 32.0 Å². The molecule has 0 fully saturated rings. The fourth-order valence-corrected chi connectivity index (χ4v) is 3.29. The van der Waals surface area contributed by atoms with Crippen LogP contribution in [0.4, 0.5) is 23.7 Å². The third-order valence-corrected chi connectivity index (χ3v) is 5.01. The molecule has 1 atom stereocenters. The van der Waals surface area contributed by atoms with Gasteiger partial charge in [-0.05, 0) is 43.3 Å². The number of alkyl halides is 3. The SMILES string of the molecule is CCC(=O)NC1(C)CN(C(=O)Nc2ccc(C(F)(F)F)cc2)N=C1c1ccc(Cl)cc1. The molecule has 6 nitrogen and oxygen atoms in total. The Bertz CT molecular complexity index is 1010. The quantitative estimate of drug-likeness (QED) is 0.692. The van der Waals surface area contributed by atoms with E-state index in [0.717, 1.165) is 17.1 Å². The molecular formula is C21H20ClF3N4O2. The van der Waals surface area contributed by atoms with Crippen molar-refractivity contribution in [3.63, 3.8) is 0 Å². The number of nitrogens with one attached hydrogen (secondary N) is 2. The predicted molar refractivity (Wildman–Crippen MR) is 112 cm³/mol. The molecule has 1 aliphatic heterocycles. The van der Waals surface area contributed by atoms with E-state index in [1.807, 2.05) is 0 Å². The van der Waals surface area contributed by atoms with Crippen molar-refractivity contribution in [3.8, 4) is 0 Å². The van der Waals surface area contributed by atoms with Crippen LogP contribution in [0.25, 0.3) is 0 Å². The summed E-state index contributed by atoms with van der Waals surface area (Å²) in [5.41, 5.74) is -0.447. The predicted octanol–water partition coefficient (Wildman–Crippen LogP) is 4.90. The molecular weight excluding hydrogens is 433 g/mol. The maximum Gasteiger partial charge on any atom is 0.416 e. The second-order valence-corrected chi connectivity index (χ2v) is 7.69. The van der Waals surface area contributed by atoms with Crippen molar-refractivity contribution < 1.29 is 22.8 Å². The van der Waals surface area contributed by atoms with Gasteiger partial charge >= 0.3 is 12.2 Å². The summed E-state index contributed by atoms with van der Waals surface area (Å²) in [6.07, 6.45) is -4.21. The van der Waals surface area contributed by atoms with Crippen LogP contribution in [-0.4, -0.2) is 34.7 Å². The summed E-state index contributed by atoms with van der Waals surface area (Å²) >= 11 is 5.95. The smallest absolute Gasteiger partial charge is 0.343 e. The largest absolute Gasteiger partial charge is 0.416 e. The molecule has 0 saturated carbocycles. The van der Waals surface area contributed by atoms with Gasteiger partial charge in [-0.2, -0.15) is 18.3 Å². The average Bonchev–Trinajstić information content (AvgIpc) is 3.05. The molecule has 31 heavy (non-hydrogen) atoms. The summed E-state index contributed by atoms with van der Waals surface area (Å²) in [7, 11) is 0. The summed E-state index contributed by atoms with van der Waals surface area (Å²) < 4.78 is 38.2. The first kappa shape index (κ1) is 22.6. The molecule has 3 rings (SSSR count). The number of hydrogen-bond acceptors (Lipinski definition) is 3. The second-order valence-electron chi connectivity index (χ2n) is 7.25. The van der Waals surface area contributed by atoms with Gasteiger partial charge in [-0.15, -0.1) is 0 Å². The van der Waals surface area contributed by atoms with Crippen LogP contribution in [-0.2, 0) is 11.0 Å². The number of halogens is 4. The first-order chi connectivity index (χ1) is 14.5. The summed E-state index contributed by atoms with van der Waals surface area (Å²) in [6.45, 7) is 3.50. The minimum atomic E-state index is -4.46. The van der Waals surface area contributed by atoms with Crippen LogP contribution in [0.5, 0.6) is 0 Å². The number of hydrazone groups is 1. The van der Waals surface area contributed by atoms with Gasteiger partial charge in [0, 0.05) is 22.7 Å². The number of urea groups is 1. The third-order valence-electron chi connectivity index (χ3n) is 4.76. The molecule has 2 aromatic rings. The molecule has 3 amide bonds. The first-order valence-corrected chi connectivity index (χ1v) is 9.81. The molecule has 10 heteroatoms. The fraction of sp³-hybridized carbons (Fsp3) is 0.286. The van der Waals surface area contributed by atoms with Gasteiger partial charge in [-0.25, -0.2) is 9.80 Å². The Kier molecular flexibility index (Phi) is 6.26. The van der Waals surface area contributed by atoms with Gasteiger partial charge in [-0.3, -0.25) is 4.79 Å². The van der Waals surface area contributed by atoms with E-state index in [9.17, 15) is 22.8 Å². The highest BCUT2D eigenvalue weighted by atomic mass is 35.5. The van der Waals surface area contributed by atoms with Gasteiger partial charge in [0.05, 0.1) is 17.8 Å². The maximum absolute atomic E-state index is 12.7. The lowest BCUT2D eigenvalue weighted by atomic mass is 9.91. The number of carbonyl (C=O) groups excluding carboxylic acids is 2. The molecule has 0 radical (unpaired) electrons. The zero-order valence-electron chi connectivity index (χ0n) is 16.8. The van der Waals surface area contributed by atoms with Gasteiger partial charge < -0.3 is 10.6 Å². The van der Waals surface area contributed by atoms with E-state index in [0.29, 0.717) is 16.3 Å². The van der Waals surface area contributed by atoms with Crippen molar-refractivity contribution >= 4 is 34.9 Å². The molecule has 0 aliphatic carbocycles. The minimum absolute atomic E-state index is 0.0448. The highest BCUT2D eigenvalue weighted by molar-refractivity contribution is 6.30. The Morgan fingerprint density at radius 2 is 1.74 bits per heavy atom. The van der Waals surface area contributed by atoms with Crippen LogP contribution >= 0.6 is 11.6 Å². The molecule has 164 valence electrons. The van der Waals surface area contributed by atoms with Crippen LogP contribution in [0.1, 0.15) is 31.4 Å². The van der Waals surface area contributed by atoms with E-state index in [4.69, 9.17) is 11.6 Å². The van der Waals surface area contributed by atoms with Crippen LogP contribution in [0.15, 0.2) is 53.6 Å². The molecule has 1 unspecified atom stereocenters. The number of carbonyl (C=O) groups is 2. The zero-order valence-corrected chi connectivity index (χ0v) is 17.5. The number of hydrogen-bond donors (Lipinski definition) is 2. The van der Waals surface area contributed by atoms with Gasteiger partial charge in [0.25, 0.3) is 0 Å². The van der Waals surface area contributed by atoms with E-state index in [-0.39, 0.29) is 24.6 Å². The molecule has 0 aromatic heterocycles. The van der Waals surface area contributed by atoms with Crippen molar-refractivity contribution in [2.24, 2.45) is 5.10 Å². The van der Waals surface area contributed by atoms with Crippen LogP contribution in [0, 0.1) is 0 Å². The van der Waals surface area contributed by atoms with Gasteiger partial charge in [0.15, 0.2) is 0 Å². The van der Waals surface area contributed by atoms with Crippen molar-refractivity contribution in [3.05, 3.63) is 64.7 Å². The van der Waals surface area contributed by atoms with E-state index in [1.165, 1.54) is 12.1 Å². The zero-order chi connectivity index (χ0) is 22.8. The Hall–Kier alpha value is -3.07. The number of amides is 3. The van der Waals surface area contributed by atoms with E-state index < -0.39 is 23.3 Å². The molecule has 0 bridgehead atoms. The second kappa shape index (κ2) is 8.58. The lowest BCUT2D eigenvalue weighted by Gasteiger charge is -2.27. The van der Waals surface area contributed by atoms with Crippen molar-refractivity contribution in [2.75, 3.05) is 11.9 Å². The highest BCUT2D eigenvalue weighted by Gasteiger charge is 2.42. The topological polar surface area (TPSA) is 73.8 Å². The standard InChI is InChI=1S/C21H20ClF3N4O2/c1-3-17(30)27-20(2)12-29(28-18(20)13-4-8-15(22)9-5-13)19(31)26-16-10-6-14(7-11-16)21(23,24)25/h4-11H,3,12H2,1-2H3,(H,26,31)(H,27,30). The molecule has 1 aliphatic rings. The van der Waals surface area contributed by atoms with Crippen molar-refractivity contribution in [1.82, 2.24) is 10.3 Å². The summed E-state index contributed by atoms with van der Waals surface area (Å²) in [5.74, 6) is -0.214. The number of benzene rings is 2. The van der Waals surface area contributed by atoms with E-state index in [1.54, 1.807) is 38.1 Å². The first-order valence-electron chi connectivity index (χ1n) is 9.43. The maximum atomic E-state index is 12.7. The van der Waals surface area contributed by atoms with Gasteiger partial charge in [0.2, 0.25) is 5.91 Å². The van der Waals surface area contributed by atoms with E-state index in [2.05, 4.69) is 15.7 Å². The Balaban J connectivity index is 1.84. The van der Waals surface area contributed by atoms with Crippen LogP contribution < -0.4 is 10.6 Å². The molecule has 2 aromatic carbocycles. The molecule has 0 saturated heterocycles. The highest BCUT2D eigenvalue weighted by Crippen LogP contribution is 2.30. The van der Waals surface area contributed by atoms with Crippen LogP contribution in [0.2, 0.25) is 5.02 Å². The van der Waals surface area contributed by atoms with Crippen molar-refractivity contribution in [1.29, 1.82) is 0 Å². The fourth-order valence-electron chi connectivity index (χ4n) is 3.17. The Morgan fingerprint density at radius 1 is 1.13 bits per heavy atom. The lowest BCUT2D eigenvalue weighted by Crippen LogP contribution is -2.54. The van der Waals surface area contributed by atoms with E-state index >= 15 is 0 Å². The average molecular weight is 453 g/mol. The molecule has 0 spiro atoms. The minimum Gasteiger partial charge on any atom is -0.343 e. The molecule has 1 heterocycles. The lowest BCUT2D eigenvalue weighted by molar-refractivity contribution is -0.137. The van der Waals surface area contributed by atoms with Crippen LogP contribution in [0.3, 0.4) is 0 Å².